The van der Waals surface area contributed by atoms with Gasteiger partial charge >= 0.3 is 0 Å². The Morgan fingerprint density at radius 2 is 1.62 bits per heavy atom. The highest BCUT2D eigenvalue weighted by molar-refractivity contribution is 8.28. The van der Waals surface area contributed by atoms with E-state index in [9.17, 15) is 9.59 Å². The van der Waals surface area contributed by atoms with Gasteiger partial charge in [0, 0.05) is 5.69 Å². The minimum absolute atomic E-state index is 0.00495. The quantitative estimate of drug-likeness (QED) is 0.544. The smallest absolute Gasteiger partial charge is 0.243 e. The molecule has 1 aromatic heterocycles. The first-order valence-electron chi connectivity index (χ1n) is 8.92. The molecular weight excluding hydrogens is 422 g/mol. The Kier molecular flexibility index (Phi) is 4.69. The summed E-state index contributed by atoms with van der Waals surface area (Å²) < 4.78 is -0.873. The highest BCUT2D eigenvalue weighted by Gasteiger charge is 2.58. The topological polar surface area (TPSA) is 53.0 Å². The van der Waals surface area contributed by atoms with Gasteiger partial charge in [-0.25, -0.2) is 5.01 Å². The number of hydrazone groups is 1. The number of rotatable bonds is 4. The van der Waals surface area contributed by atoms with Gasteiger partial charge in [-0.1, -0.05) is 54.2 Å². The van der Waals surface area contributed by atoms with Crippen LogP contribution in [-0.4, -0.2) is 26.8 Å². The van der Waals surface area contributed by atoms with Crippen molar-refractivity contribution in [3.05, 3.63) is 83.1 Å². The van der Waals surface area contributed by atoms with E-state index in [1.54, 1.807) is 16.0 Å². The zero-order valence-corrected chi connectivity index (χ0v) is 17.5. The molecule has 8 heteroatoms. The Bertz CT molecular complexity index is 1090. The summed E-state index contributed by atoms with van der Waals surface area (Å²) in [7, 11) is 0. The number of nitrogens with zero attached hydrogens (tertiary/aromatic N) is 3. The number of carbonyl (C=O) groups is 2. The van der Waals surface area contributed by atoms with E-state index in [0.29, 0.717) is 15.7 Å². The third kappa shape index (κ3) is 3.08. The highest BCUT2D eigenvalue weighted by atomic mass is 32.2. The number of hydrogen-bond donors (Lipinski definition) is 0. The van der Waals surface area contributed by atoms with Crippen molar-refractivity contribution in [1.29, 1.82) is 0 Å². The van der Waals surface area contributed by atoms with Crippen LogP contribution in [0.3, 0.4) is 0 Å². The average Bonchev–Trinajstić information content (AvgIpc) is 3.49. The van der Waals surface area contributed by atoms with Crippen molar-refractivity contribution in [3.8, 4) is 0 Å². The maximum absolute atomic E-state index is 13.1. The molecule has 5 rings (SSSR count). The Balaban J connectivity index is 1.63. The van der Waals surface area contributed by atoms with Crippen LogP contribution in [0.2, 0.25) is 0 Å². The molecule has 5 nitrogen and oxygen atoms in total. The van der Waals surface area contributed by atoms with Gasteiger partial charge in [0.15, 0.2) is 5.04 Å². The molecule has 1 fully saturated rings. The number of amides is 1. The van der Waals surface area contributed by atoms with Crippen molar-refractivity contribution in [2.24, 2.45) is 5.10 Å². The normalized spacial score (nSPS) is 21.1. The molecule has 0 saturated carbocycles. The van der Waals surface area contributed by atoms with E-state index in [0.717, 1.165) is 11.4 Å². The average molecular weight is 438 g/mol. The first kappa shape index (κ1) is 18.5. The number of para-hydroxylation sites is 2. The molecule has 0 N–H and O–H groups in total. The first-order valence-corrected chi connectivity index (χ1v) is 11.6. The zero-order chi connectivity index (χ0) is 19.8. The maximum atomic E-state index is 13.1. The minimum atomic E-state index is -0.873. The summed E-state index contributed by atoms with van der Waals surface area (Å²) in [4.78, 5) is 28.4. The van der Waals surface area contributed by atoms with Crippen LogP contribution in [0.1, 0.15) is 9.67 Å². The number of thioether (sulfide) groups is 2. The number of ketones is 1. The summed E-state index contributed by atoms with van der Waals surface area (Å²) in [5.41, 5.74) is 1.62. The lowest BCUT2D eigenvalue weighted by atomic mass is 10.3. The first-order chi connectivity index (χ1) is 14.2. The van der Waals surface area contributed by atoms with E-state index < -0.39 is 4.33 Å². The zero-order valence-electron chi connectivity index (χ0n) is 15.1. The van der Waals surface area contributed by atoms with E-state index in [1.165, 1.54) is 34.9 Å². The molecule has 0 aliphatic carbocycles. The van der Waals surface area contributed by atoms with E-state index in [2.05, 4.69) is 0 Å². The molecule has 1 spiro atoms. The van der Waals surface area contributed by atoms with Crippen LogP contribution in [0, 0.1) is 0 Å². The van der Waals surface area contributed by atoms with E-state index in [1.807, 2.05) is 72.1 Å². The van der Waals surface area contributed by atoms with Crippen molar-refractivity contribution in [2.75, 3.05) is 15.7 Å². The molecule has 0 radical (unpaired) electrons. The second-order valence-electron chi connectivity index (χ2n) is 6.36. The number of Topliss-reactive ketones (excluding diaryl/α,β-unsaturated/α-hetero) is 1. The number of carbonyl (C=O) groups excluding carboxylic acids is 2. The van der Waals surface area contributed by atoms with Crippen molar-refractivity contribution < 1.29 is 9.59 Å². The van der Waals surface area contributed by atoms with Gasteiger partial charge in [-0.15, -0.1) is 11.3 Å². The van der Waals surface area contributed by atoms with E-state index >= 15 is 0 Å². The van der Waals surface area contributed by atoms with Crippen LogP contribution in [0.5, 0.6) is 0 Å². The molecule has 29 heavy (non-hydrogen) atoms. The van der Waals surface area contributed by atoms with Crippen molar-refractivity contribution in [1.82, 2.24) is 0 Å². The SMILES string of the molecule is O=C(C1=NN(c2ccccc2)[C@@]2(SCC(=O)N2c2ccccc2)S1)c1cccs1. The van der Waals surface area contributed by atoms with Crippen LogP contribution < -0.4 is 9.91 Å². The lowest BCUT2D eigenvalue weighted by Gasteiger charge is -2.39. The molecule has 1 amide bonds. The van der Waals surface area contributed by atoms with Gasteiger partial charge in [0.25, 0.3) is 0 Å². The van der Waals surface area contributed by atoms with Gasteiger partial charge in [0.2, 0.25) is 16.0 Å². The number of anilines is 2. The largest absolute Gasteiger partial charge is 0.285 e. The van der Waals surface area contributed by atoms with Gasteiger partial charge in [0.05, 0.1) is 16.3 Å². The van der Waals surface area contributed by atoms with Gasteiger partial charge in [-0.05, 0) is 47.5 Å². The number of hydrogen-bond acceptors (Lipinski definition) is 7. The Hall–Kier alpha value is -2.55. The minimum Gasteiger partial charge on any atom is -0.285 e. The van der Waals surface area contributed by atoms with E-state index in [-0.39, 0.29) is 11.7 Å². The van der Waals surface area contributed by atoms with Gasteiger partial charge in [-0.2, -0.15) is 5.10 Å². The fourth-order valence-corrected chi connectivity index (χ4v) is 6.83. The van der Waals surface area contributed by atoms with Crippen LogP contribution in [0.4, 0.5) is 11.4 Å². The molecule has 0 bridgehead atoms. The van der Waals surface area contributed by atoms with Crippen LogP contribution >= 0.6 is 34.9 Å². The summed E-state index contributed by atoms with van der Waals surface area (Å²) in [5, 5.41) is 8.79. The van der Waals surface area contributed by atoms with Crippen LogP contribution in [-0.2, 0) is 4.79 Å². The number of benzene rings is 2. The summed E-state index contributed by atoms with van der Waals surface area (Å²) in [5.74, 6) is 0.201. The molecule has 2 aromatic carbocycles. The monoisotopic (exact) mass is 437 g/mol. The van der Waals surface area contributed by atoms with Crippen molar-refractivity contribution >= 4 is 63.0 Å². The molecular formula is C21H15N3O2S3. The molecule has 0 unspecified atom stereocenters. The molecule has 144 valence electrons. The summed E-state index contributed by atoms with van der Waals surface area (Å²) >= 11 is 4.22. The molecule has 1 atom stereocenters. The molecule has 2 aliphatic heterocycles. The van der Waals surface area contributed by atoms with Crippen LogP contribution in [0.25, 0.3) is 0 Å². The predicted octanol–water partition coefficient (Wildman–Crippen LogP) is 4.89. The fourth-order valence-electron chi connectivity index (χ4n) is 3.30. The van der Waals surface area contributed by atoms with Crippen LogP contribution in [0.15, 0.2) is 83.3 Å². The third-order valence-electron chi connectivity index (χ3n) is 4.56. The highest BCUT2D eigenvalue weighted by Crippen LogP contribution is 2.55. The summed E-state index contributed by atoms with van der Waals surface area (Å²) in [6, 6.07) is 22.9. The Labute approximate surface area is 180 Å². The number of thiophene rings is 1. The summed E-state index contributed by atoms with van der Waals surface area (Å²) in [6.07, 6.45) is 0. The molecule has 1 saturated heterocycles. The molecule has 2 aliphatic rings. The summed E-state index contributed by atoms with van der Waals surface area (Å²) in [6.45, 7) is 0. The van der Waals surface area contributed by atoms with Crippen molar-refractivity contribution in [2.45, 2.75) is 4.33 Å². The van der Waals surface area contributed by atoms with Gasteiger partial charge < -0.3 is 0 Å². The second kappa shape index (κ2) is 7.37. The molecule has 3 aromatic rings. The Morgan fingerprint density at radius 1 is 0.931 bits per heavy atom. The predicted molar refractivity (Wildman–Crippen MR) is 122 cm³/mol. The molecule has 3 heterocycles. The maximum Gasteiger partial charge on any atom is 0.243 e. The fraction of sp³-hybridized carbons (Fsp3) is 0.0952. The van der Waals surface area contributed by atoms with Gasteiger partial charge in [0.1, 0.15) is 0 Å². The third-order valence-corrected chi connectivity index (χ3v) is 8.23. The van der Waals surface area contributed by atoms with Crippen molar-refractivity contribution in [3.63, 3.8) is 0 Å². The van der Waals surface area contributed by atoms with Gasteiger partial charge in [-0.3, -0.25) is 14.5 Å². The Morgan fingerprint density at radius 3 is 2.28 bits per heavy atom. The second-order valence-corrected chi connectivity index (χ2v) is 9.88. The lowest BCUT2D eigenvalue weighted by molar-refractivity contribution is -0.115. The lowest BCUT2D eigenvalue weighted by Crippen LogP contribution is -2.51. The standard InChI is InChI=1S/C21H15N3O2S3/c25-18-14-28-21(23(18)15-8-3-1-4-9-15)24(16-10-5-2-6-11-16)22-20(29-21)19(26)17-12-7-13-27-17/h1-13H,14H2/t21-/m0/s1. The van der Waals surface area contributed by atoms with E-state index in [4.69, 9.17) is 5.10 Å².